The van der Waals surface area contributed by atoms with Gasteiger partial charge in [0.15, 0.2) is 0 Å². The molecule has 0 spiro atoms. The quantitative estimate of drug-likeness (QED) is 0.746. The molecule has 1 aromatic carbocycles. The zero-order valence-electron chi connectivity index (χ0n) is 12.2. The van der Waals surface area contributed by atoms with E-state index in [1.807, 2.05) is 0 Å². The van der Waals surface area contributed by atoms with Crippen molar-refractivity contribution >= 4 is 0 Å². The minimum absolute atomic E-state index is 0.454. The van der Waals surface area contributed by atoms with Crippen LogP contribution in [0.2, 0.25) is 0 Å². The molecule has 1 aromatic rings. The van der Waals surface area contributed by atoms with Gasteiger partial charge in [0, 0.05) is 6.04 Å². The van der Waals surface area contributed by atoms with Crippen LogP contribution in [0.5, 0.6) is 5.75 Å². The summed E-state index contributed by atoms with van der Waals surface area (Å²) in [6.07, 6.45) is 2.22. The number of hydrogen-bond donors (Lipinski definition) is 1. The van der Waals surface area contributed by atoms with Crippen LogP contribution in [-0.4, -0.2) is 13.2 Å². The molecular formula is C16H27NO. The molecule has 0 aliphatic rings. The fourth-order valence-electron chi connectivity index (χ4n) is 2.07. The zero-order valence-corrected chi connectivity index (χ0v) is 12.2. The van der Waals surface area contributed by atoms with Crippen LogP contribution in [0, 0.1) is 5.92 Å². The number of nitrogens with one attached hydrogen (secondary N) is 1. The van der Waals surface area contributed by atoms with Crippen molar-refractivity contribution in [3.05, 3.63) is 29.8 Å². The Balaban J connectivity index is 2.67. The van der Waals surface area contributed by atoms with Crippen LogP contribution in [0.4, 0.5) is 0 Å². The standard InChI is InChI=1S/C16H27NO/c1-5-11-18-15-9-7-14(8-10-15)16(17-6-2)12-13(3)4/h7-10,13,16-17H,5-6,11-12H2,1-4H3. The molecule has 1 N–H and O–H groups in total. The third-order valence-corrected chi connectivity index (χ3v) is 2.91. The smallest absolute Gasteiger partial charge is 0.119 e. The van der Waals surface area contributed by atoms with Crippen molar-refractivity contribution < 1.29 is 4.74 Å². The second kappa shape index (κ2) is 8.15. The van der Waals surface area contributed by atoms with Crippen molar-refractivity contribution in [3.63, 3.8) is 0 Å². The fraction of sp³-hybridized carbons (Fsp3) is 0.625. The normalized spacial score (nSPS) is 12.7. The molecule has 0 aliphatic heterocycles. The van der Waals surface area contributed by atoms with Gasteiger partial charge in [-0.15, -0.1) is 0 Å². The number of rotatable bonds is 8. The maximum atomic E-state index is 5.61. The lowest BCUT2D eigenvalue weighted by atomic mass is 9.97. The second-order valence-corrected chi connectivity index (χ2v) is 5.16. The molecule has 1 rings (SSSR count). The second-order valence-electron chi connectivity index (χ2n) is 5.16. The van der Waals surface area contributed by atoms with E-state index in [-0.39, 0.29) is 0 Å². The van der Waals surface area contributed by atoms with Gasteiger partial charge in [0.2, 0.25) is 0 Å². The summed E-state index contributed by atoms with van der Waals surface area (Å²) in [6.45, 7) is 10.6. The van der Waals surface area contributed by atoms with E-state index in [1.165, 1.54) is 12.0 Å². The largest absolute Gasteiger partial charge is 0.494 e. The number of ether oxygens (including phenoxy) is 1. The molecule has 2 heteroatoms. The summed E-state index contributed by atoms with van der Waals surface area (Å²) in [5.41, 5.74) is 1.36. The Morgan fingerprint density at radius 1 is 1.11 bits per heavy atom. The zero-order chi connectivity index (χ0) is 13.4. The number of benzene rings is 1. The van der Waals surface area contributed by atoms with Crippen LogP contribution < -0.4 is 10.1 Å². The summed E-state index contributed by atoms with van der Waals surface area (Å²) in [5.74, 6) is 1.67. The minimum atomic E-state index is 0.454. The molecule has 0 radical (unpaired) electrons. The van der Waals surface area contributed by atoms with Crippen LogP contribution in [0.25, 0.3) is 0 Å². The topological polar surface area (TPSA) is 21.3 Å². The SMILES string of the molecule is CCCOc1ccc(C(CC(C)C)NCC)cc1. The van der Waals surface area contributed by atoms with Gasteiger partial charge in [-0.2, -0.15) is 0 Å². The van der Waals surface area contributed by atoms with E-state index in [9.17, 15) is 0 Å². The lowest BCUT2D eigenvalue weighted by Crippen LogP contribution is -2.22. The third kappa shape index (κ3) is 5.09. The highest BCUT2D eigenvalue weighted by Crippen LogP contribution is 2.23. The first kappa shape index (κ1) is 15.0. The fourth-order valence-corrected chi connectivity index (χ4v) is 2.07. The summed E-state index contributed by atoms with van der Waals surface area (Å²) in [6, 6.07) is 8.97. The summed E-state index contributed by atoms with van der Waals surface area (Å²) in [5, 5.41) is 3.55. The van der Waals surface area contributed by atoms with Gasteiger partial charge >= 0.3 is 0 Å². The third-order valence-electron chi connectivity index (χ3n) is 2.91. The molecule has 2 nitrogen and oxygen atoms in total. The lowest BCUT2D eigenvalue weighted by Gasteiger charge is -2.20. The molecule has 0 aromatic heterocycles. The average Bonchev–Trinajstić information content (AvgIpc) is 2.36. The lowest BCUT2D eigenvalue weighted by molar-refractivity contribution is 0.317. The molecule has 0 saturated heterocycles. The van der Waals surface area contributed by atoms with E-state index >= 15 is 0 Å². The van der Waals surface area contributed by atoms with Crippen LogP contribution in [0.3, 0.4) is 0 Å². The van der Waals surface area contributed by atoms with Gasteiger partial charge in [0.25, 0.3) is 0 Å². The maximum absolute atomic E-state index is 5.61. The van der Waals surface area contributed by atoms with E-state index in [0.29, 0.717) is 12.0 Å². The molecule has 0 amide bonds. The minimum Gasteiger partial charge on any atom is -0.494 e. The van der Waals surface area contributed by atoms with Crippen LogP contribution >= 0.6 is 0 Å². The van der Waals surface area contributed by atoms with E-state index in [0.717, 1.165) is 25.3 Å². The van der Waals surface area contributed by atoms with E-state index < -0.39 is 0 Å². The summed E-state index contributed by atoms with van der Waals surface area (Å²) >= 11 is 0. The number of hydrogen-bond acceptors (Lipinski definition) is 2. The van der Waals surface area contributed by atoms with Crippen molar-refractivity contribution in [2.24, 2.45) is 5.92 Å². The molecule has 1 atom stereocenters. The Labute approximate surface area is 112 Å². The van der Waals surface area contributed by atoms with Gasteiger partial charge in [-0.3, -0.25) is 0 Å². The highest BCUT2D eigenvalue weighted by atomic mass is 16.5. The molecule has 0 saturated carbocycles. The Morgan fingerprint density at radius 2 is 1.78 bits per heavy atom. The maximum Gasteiger partial charge on any atom is 0.119 e. The molecule has 0 heterocycles. The van der Waals surface area contributed by atoms with Crippen LogP contribution in [0.15, 0.2) is 24.3 Å². The highest BCUT2D eigenvalue weighted by molar-refractivity contribution is 5.29. The predicted octanol–water partition coefficient (Wildman–Crippen LogP) is 4.17. The van der Waals surface area contributed by atoms with Crippen LogP contribution in [0.1, 0.15) is 52.1 Å². The highest BCUT2D eigenvalue weighted by Gasteiger charge is 2.11. The Morgan fingerprint density at radius 3 is 2.28 bits per heavy atom. The molecule has 18 heavy (non-hydrogen) atoms. The van der Waals surface area contributed by atoms with Gasteiger partial charge in [0.1, 0.15) is 5.75 Å². The average molecular weight is 249 g/mol. The Bertz CT molecular complexity index is 318. The van der Waals surface area contributed by atoms with Gasteiger partial charge in [-0.1, -0.05) is 39.8 Å². The van der Waals surface area contributed by atoms with Crippen molar-refractivity contribution in [1.82, 2.24) is 5.32 Å². The Hall–Kier alpha value is -1.02. The summed E-state index contributed by atoms with van der Waals surface area (Å²) in [4.78, 5) is 0. The molecule has 1 unspecified atom stereocenters. The molecule has 102 valence electrons. The molecule has 0 bridgehead atoms. The molecule has 0 fully saturated rings. The molecule has 0 aliphatic carbocycles. The van der Waals surface area contributed by atoms with Crippen molar-refractivity contribution in [3.8, 4) is 5.75 Å². The van der Waals surface area contributed by atoms with Gasteiger partial charge < -0.3 is 10.1 Å². The predicted molar refractivity (Wildman–Crippen MR) is 78.1 cm³/mol. The van der Waals surface area contributed by atoms with Gasteiger partial charge in [0.05, 0.1) is 6.61 Å². The van der Waals surface area contributed by atoms with Crippen molar-refractivity contribution in [2.45, 2.75) is 46.6 Å². The first-order chi connectivity index (χ1) is 8.67. The molecular weight excluding hydrogens is 222 g/mol. The summed E-state index contributed by atoms with van der Waals surface area (Å²) in [7, 11) is 0. The summed E-state index contributed by atoms with van der Waals surface area (Å²) < 4.78 is 5.61. The van der Waals surface area contributed by atoms with Crippen molar-refractivity contribution in [1.29, 1.82) is 0 Å². The first-order valence-corrected chi connectivity index (χ1v) is 7.13. The van der Waals surface area contributed by atoms with Crippen LogP contribution in [-0.2, 0) is 0 Å². The van der Waals surface area contributed by atoms with Gasteiger partial charge in [-0.05, 0) is 43.0 Å². The first-order valence-electron chi connectivity index (χ1n) is 7.13. The van der Waals surface area contributed by atoms with Crippen molar-refractivity contribution in [2.75, 3.05) is 13.2 Å². The van der Waals surface area contributed by atoms with E-state index in [1.54, 1.807) is 0 Å². The van der Waals surface area contributed by atoms with E-state index in [2.05, 4.69) is 57.3 Å². The van der Waals surface area contributed by atoms with Gasteiger partial charge in [-0.25, -0.2) is 0 Å². The Kier molecular flexibility index (Phi) is 6.81. The monoisotopic (exact) mass is 249 g/mol. The van der Waals surface area contributed by atoms with E-state index in [4.69, 9.17) is 4.74 Å².